The molecule has 17 heavy (non-hydrogen) atoms. The van der Waals surface area contributed by atoms with E-state index in [9.17, 15) is 10.2 Å². The maximum atomic E-state index is 9.94. The second-order valence-corrected chi connectivity index (χ2v) is 4.37. The summed E-state index contributed by atoms with van der Waals surface area (Å²) >= 11 is 4.03. The van der Waals surface area contributed by atoms with Gasteiger partial charge in [0.25, 0.3) is 0 Å². The lowest BCUT2D eigenvalue weighted by Crippen LogP contribution is -2.20. The maximum Gasteiger partial charge on any atom is 0.161 e. The molecule has 2 atom stereocenters. The van der Waals surface area contributed by atoms with Crippen LogP contribution in [0.15, 0.2) is 18.2 Å². The first-order valence-corrected chi connectivity index (χ1v) is 6.22. The Bertz CT molecular complexity index is 383. The number of hydrogen-bond acceptors (Lipinski definition) is 5. The van der Waals surface area contributed by atoms with Crippen LogP contribution in [0.3, 0.4) is 0 Å². The smallest absolute Gasteiger partial charge is 0.161 e. The van der Waals surface area contributed by atoms with E-state index in [1.54, 1.807) is 18.2 Å². The molecule has 0 saturated carbocycles. The number of fused-ring (bicyclic) bond motifs is 1. The summed E-state index contributed by atoms with van der Waals surface area (Å²) in [4.78, 5) is 0. The van der Waals surface area contributed by atoms with Crippen LogP contribution >= 0.6 is 12.6 Å². The van der Waals surface area contributed by atoms with Gasteiger partial charge in [0, 0.05) is 0 Å². The molecule has 0 bridgehead atoms. The predicted molar refractivity (Wildman–Crippen MR) is 66.9 cm³/mol. The van der Waals surface area contributed by atoms with Gasteiger partial charge in [0.1, 0.15) is 19.3 Å². The fraction of sp³-hybridized carbons (Fsp3) is 0.500. The summed E-state index contributed by atoms with van der Waals surface area (Å²) in [5.74, 6) is 1.82. The molecule has 1 aromatic carbocycles. The van der Waals surface area contributed by atoms with Crippen LogP contribution in [0.1, 0.15) is 18.1 Å². The van der Waals surface area contributed by atoms with Crippen molar-refractivity contribution in [3.8, 4) is 11.5 Å². The molecule has 1 aliphatic heterocycles. The molecule has 1 aromatic rings. The molecule has 94 valence electrons. The van der Waals surface area contributed by atoms with Crippen molar-refractivity contribution < 1.29 is 19.7 Å². The van der Waals surface area contributed by atoms with Gasteiger partial charge in [0.05, 0.1) is 6.10 Å². The molecule has 4 nitrogen and oxygen atoms in total. The standard InChI is InChI=1S/C12H16O4S/c13-9(3-6-17)12(14)8-1-2-10-11(7-8)16-5-4-15-10/h1-2,7,9,12-14,17H,3-6H2. The third kappa shape index (κ3) is 2.86. The molecular formula is C12H16O4S. The van der Waals surface area contributed by atoms with Crippen molar-refractivity contribution in [1.82, 2.24) is 0 Å². The van der Waals surface area contributed by atoms with Gasteiger partial charge in [0.15, 0.2) is 11.5 Å². The van der Waals surface area contributed by atoms with E-state index in [0.29, 0.717) is 42.4 Å². The van der Waals surface area contributed by atoms with E-state index in [4.69, 9.17) is 9.47 Å². The zero-order valence-corrected chi connectivity index (χ0v) is 10.3. The average molecular weight is 256 g/mol. The van der Waals surface area contributed by atoms with E-state index in [2.05, 4.69) is 12.6 Å². The minimum atomic E-state index is -0.919. The molecule has 2 unspecified atom stereocenters. The van der Waals surface area contributed by atoms with Crippen LogP contribution in [0.25, 0.3) is 0 Å². The Balaban J connectivity index is 2.15. The average Bonchev–Trinajstić information content (AvgIpc) is 2.37. The van der Waals surface area contributed by atoms with Crippen molar-refractivity contribution in [1.29, 1.82) is 0 Å². The highest BCUT2D eigenvalue weighted by Crippen LogP contribution is 2.33. The van der Waals surface area contributed by atoms with Gasteiger partial charge in [-0.25, -0.2) is 0 Å². The number of ether oxygens (including phenoxy) is 2. The van der Waals surface area contributed by atoms with Crippen LogP contribution in [0.4, 0.5) is 0 Å². The van der Waals surface area contributed by atoms with Gasteiger partial charge in [-0.1, -0.05) is 6.07 Å². The van der Waals surface area contributed by atoms with E-state index >= 15 is 0 Å². The minimum Gasteiger partial charge on any atom is -0.486 e. The van der Waals surface area contributed by atoms with E-state index in [0.717, 1.165) is 0 Å². The summed E-state index contributed by atoms with van der Waals surface area (Å²) < 4.78 is 10.8. The number of aliphatic hydroxyl groups is 2. The summed E-state index contributed by atoms with van der Waals surface area (Å²) in [6, 6.07) is 5.20. The Morgan fingerprint density at radius 1 is 1.18 bits per heavy atom. The monoisotopic (exact) mass is 256 g/mol. The van der Waals surface area contributed by atoms with Crippen molar-refractivity contribution in [3.05, 3.63) is 23.8 Å². The second kappa shape index (κ2) is 5.62. The summed E-state index contributed by atoms with van der Waals surface area (Å²) in [7, 11) is 0. The van der Waals surface area contributed by atoms with Crippen LogP contribution in [-0.2, 0) is 0 Å². The molecule has 1 aliphatic rings. The minimum absolute atomic E-state index is 0.443. The first-order chi connectivity index (χ1) is 8.22. The van der Waals surface area contributed by atoms with Crippen LogP contribution in [0.5, 0.6) is 11.5 Å². The van der Waals surface area contributed by atoms with Crippen molar-refractivity contribution in [3.63, 3.8) is 0 Å². The van der Waals surface area contributed by atoms with E-state index < -0.39 is 12.2 Å². The normalized spacial score (nSPS) is 17.6. The van der Waals surface area contributed by atoms with Crippen LogP contribution in [0.2, 0.25) is 0 Å². The largest absolute Gasteiger partial charge is 0.486 e. The van der Waals surface area contributed by atoms with Gasteiger partial charge in [-0.2, -0.15) is 12.6 Å². The Labute approximate surface area is 106 Å². The van der Waals surface area contributed by atoms with E-state index in [-0.39, 0.29) is 0 Å². The Morgan fingerprint density at radius 2 is 1.88 bits per heavy atom. The molecule has 2 N–H and O–H groups in total. The number of aliphatic hydroxyl groups excluding tert-OH is 2. The molecule has 5 heteroatoms. The van der Waals surface area contributed by atoms with Crippen molar-refractivity contribution in [2.75, 3.05) is 19.0 Å². The third-order valence-corrected chi connectivity index (χ3v) is 2.96. The summed E-state index contributed by atoms with van der Waals surface area (Å²) in [5, 5.41) is 19.6. The lowest BCUT2D eigenvalue weighted by molar-refractivity contribution is 0.0169. The SMILES string of the molecule is OC(CCS)C(O)c1ccc2c(c1)OCCO2. The molecule has 0 radical (unpaired) electrons. The lowest BCUT2D eigenvalue weighted by Gasteiger charge is -2.22. The second-order valence-electron chi connectivity index (χ2n) is 3.93. The first-order valence-electron chi connectivity index (χ1n) is 5.59. The van der Waals surface area contributed by atoms with Crippen molar-refractivity contribution in [2.45, 2.75) is 18.6 Å². The van der Waals surface area contributed by atoms with Gasteiger partial charge in [-0.3, -0.25) is 0 Å². The molecule has 2 rings (SSSR count). The Morgan fingerprint density at radius 3 is 2.59 bits per heavy atom. The van der Waals surface area contributed by atoms with E-state index in [1.807, 2.05) is 0 Å². The molecular weight excluding hydrogens is 240 g/mol. The number of thiol groups is 1. The number of benzene rings is 1. The van der Waals surface area contributed by atoms with Crippen LogP contribution in [0, 0.1) is 0 Å². The molecule has 0 aromatic heterocycles. The van der Waals surface area contributed by atoms with Crippen LogP contribution in [-0.4, -0.2) is 35.3 Å². The topological polar surface area (TPSA) is 58.9 Å². The molecule has 0 saturated heterocycles. The molecule has 0 aliphatic carbocycles. The van der Waals surface area contributed by atoms with Crippen molar-refractivity contribution in [2.24, 2.45) is 0 Å². The fourth-order valence-electron chi connectivity index (χ4n) is 1.76. The van der Waals surface area contributed by atoms with Gasteiger partial charge >= 0.3 is 0 Å². The highest BCUT2D eigenvalue weighted by atomic mass is 32.1. The summed E-state index contributed by atoms with van der Waals surface area (Å²) in [5.41, 5.74) is 0.628. The third-order valence-electron chi connectivity index (χ3n) is 2.70. The van der Waals surface area contributed by atoms with Crippen LogP contribution < -0.4 is 9.47 Å². The van der Waals surface area contributed by atoms with Gasteiger partial charge in [-0.05, 0) is 29.9 Å². The molecule has 0 spiro atoms. The predicted octanol–water partition coefficient (Wildman–Crippen LogP) is 1.17. The van der Waals surface area contributed by atoms with Gasteiger partial charge < -0.3 is 19.7 Å². The maximum absolute atomic E-state index is 9.94. The van der Waals surface area contributed by atoms with Gasteiger partial charge in [0.2, 0.25) is 0 Å². The van der Waals surface area contributed by atoms with Gasteiger partial charge in [-0.15, -0.1) is 0 Å². The molecule has 0 amide bonds. The zero-order valence-electron chi connectivity index (χ0n) is 9.37. The highest BCUT2D eigenvalue weighted by Gasteiger charge is 2.20. The number of hydrogen-bond donors (Lipinski definition) is 3. The lowest BCUT2D eigenvalue weighted by atomic mass is 10.0. The van der Waals surface area contributed by atoms with Crippen molar-refractivity contribution >= 4 is 12.6 Å². The Kier molecular flexibility index (Phi) is 4.15. The fourth-order valence-corrected chi connectivity index (χ4v) is 2.02. The molecule has 0 fully saturated rings. The molecule has 1 heterocycles. The summed E-state index contributed by atoms with van der Waals surface area (Å²) in [6.45, 7) is 1.04. The quantitative estimate of drug-likeness (QED) is 0.708. The highest BCUT2D eigenvalue weighted by molar-refractivity contribution is 7.80. The zero-order chi connectivity index (χ0) is 12.3. The number of rotatable bonds is 4. The Hall–Kier alpha value is -0.910. The van der Waals surface area contributed by atoms with E-state index in [1.165, 1.54) is 0 Å². The first kappa shape index (κ1) is 12.5. The summed E-state index contributed by atoms with van der Waals surface area (Å²) in [6.07, 6.45) is -1.29.